The molecule has 0 radical (unpaired) electrons. The average Bonchev–Trinajstić information content (AvgIpc) is 2.97. The maximum Gasteiger partial charge on any atom is 0.128 e. The molecule has 0 spiro atoms. The fourth-order valence-corrected chi connectivity index (χ4v) is 3.39. The first kappa shape index (κ1) is 14.3. The van der Waals surface area contributed by atoms with Crippen LogP contribution >= 0.6 is 27.3 Å². The summed E-state index contributed by atoms with van der Waals surface area (Å²) in [4.78, 5) is 4.76. The molecule has 0 aliphatic rings. The number of aryl methyl sites for hydroxylation is 1. The molecular formula is C17H14BrNOS. The van der Waals surface area contributed by atoms with E-state index in [0.717, 1.165) is 32.1 Å². The summed E-state index contributed by atoms with van der Waals surface area (Å²) >= 11 is 5.14. The van der Waals surface area contributed by atoms with Crippen LogP contribution in [0.15, 0.2) is 52.3 Å². The fourth-order valence-electron chi connectivity index (χ4n) is 2.17. The predicted octanol–water partition coefficient (Wildman–Crippen LogP) is 5.56. The van der Waals surface area contributed by atoms with Crippen molar-refractivity contribution in [2.45, 2.75) is 6.92 Å². The van der Waals surface area contributed by atoms with Gasteiger partial charge in [-0.15, -0.1) is 11.3 Å². The Labute approximate surface area is 136 Å². The summed E-state index contributed by atoms with van der Waals surface area (Å²) in [7, 11) is 1.69. The van der Waals surface area contributed by atoms with Crippen molar-refractivity contribution in [1.82, 2.24) is 4.98 Å². The van der Waals surface area contributed by atoms with Crippen LogP contribution in [0, 0.1) is 6.92 Å². The predicted molar refractivity (Wildman–Crippen MR) is 92.0 cm³/mol. The number of halogens is 1. The van der Waals surface area contributed by atoms with Gasteiger partial charge >= 0.3 is 0 Å². The minimum Gasteiger partial charge on any atom is -0.496 e. The van der Waals surface area contributed by atoms with E-state index in [1.54, 1.807) is 18.4 Å². The minimum atomic E-state index is 0.853. The molecule has 21 heavy (non-hydrogen) atoms. The molecule has 3 rings (SSSR count). The Kier molecular flexibility index (Phi) is 4.08. The molecule has 0 saturated carbocycles. The van der Waals surface area contributed by atoms with E-state index in [4.69, 9.17) is 9.72 Å². The van der Waals surface area contributed by atoms with E-state index in [1.807, 2.05) is 24.3 Å². The van der Waals surface area contributed by atoms with Crippen LogP contribution in [0.1, 0.15) is 5.56 Å². The molecular weight excluding hydrogens is 346 g/mol. The first-order chi connectivity index (χ1) is 10.2. The Morgan fingerprint density at radius 1 is 1.14 bits per heavy atom. The molecule has 1 aromatic heterocycles. The number of nitrogens with zero attached hydrogens (tertiary/aromatic N) is 1. The van der Waals surface area contributed by atoms with Crippen molar-refractivity contribution >= 4 is 27.3 Å². The van der Waals surface area contributed by atoms with E-state index >= 15 is 0 Å². The molecule has 0 aliphatic heterocycles. The molecule has 4 heteroatoms. The van der Waals surface area contributed by atoms with Gasteiger partial charge in [-0.1, -0.05) is 39.7 Å². The van der Waals surface area contributed by atoms with Crippen molar-refractivity contribution < 1.29 is 4.74 Å². The van der Waals surface area contributed by atoms with Gasteiger partial charge in [0.1, 0.15) is 10.8 Å². The normalized spacial score (nSPS) is 10.6. The van der Waals surface area contributed by atoms with Crippen molar-refractivity contribution in [2.24, 2.45) is 0 Å². The molecule has 2 nitrogen and oxygen atoms in total. The Balaban J connectivity index is 2.04. The number of hydrogen-bond donors (Lipinski definition) is 0. The largest absolute Gasteiger partial charge is 0.496 e. The number of benzene rings is 2. The molecule has 0 N–H and O–H groups in total. The van der Waals surface area contributed by atoms with Gasteiger partial charge in [0.15, 0.2) is 0 Å². The van der Waals surface area contributed by atoms with E-state index in [0.29, 0.717) is 0 Å². The monoisotopic (exact) mass is 359 g/mol. The van der Waals surface area contributed by atoms with Crippen molar-refractivity contribution in [3.8, 4) is 27.6 Å². The Morgan fingerprint density at radius 2 is 2.00 bits per heavy atom. The second-order valence-electron chi connectivity index (χ2n) is 4.75. The number of thiazole rings is 1. The number of hydrogen-bond acceptors (Lipinski definition) is 3. The summed E-state index contributed by atoms with van der Waals surface area (Å²) in [5.41, 5.74) is 4.31. The van der Waals surface area contributed by atoms with Crippen LogP contribution in [0.5, 0.6) is 5.75 Å². The van der Waals surface area contributed by atoms with Crippen molar-refractivity contribution in [3.05, 3.63) is 57.9 Å². The fraction of sp³-hybridized carbons (Fsp3) is 0.118. The van der Waals surface area contributed by atoms with Gasteiger partial charge in [0.2, 0.25) is 0 Å². The zero-order valence-electron chi connectivity index (χ0n) is 11.8. The van der Waals surface area contributed by atoms with Crippen molar-refractivity contribution in [2.75, 3.05) is 7.11 Å². The molecule has 0 bridgehead atoms. The van der Waals surface area contributed by atoms with Gasteiger partial charge in [-0.2, -0.15) is 0 Å². The maximum atomic E-state index is 5.45. The lowest BCUT2D eigenvalue weighted by Gasteiger charge is -2.07. The van der Waals surface area contributed by atoms with Gasteiger partial charge in [0, 0.05) is 21.0 Å². The van der Waals surface area contributed by atoms with Crippen LogP contribution in [0.4, 0.5) is 0 Å². The topological polar surface area (TPSA) is 22.1 Å². The zero-order chi connectivity index (χ0) is 14.8. The first-order valence-corrected chi connectivity index (χ1v) is 8.21. The van der Waals surface area contributed by atoms with Gasteiger partial charge in [-0.3, -0.25) is 0 Å². The van der Waals surface area contributed by atoms with Crippen LogP contribution in [-0.2, 0) is 0 Å². The van der Waals surface area contributed by atoms with Gasteiger partial charge in [0.25, 0.3) is 0 Å². The van der Waals surface area contributed by atoms with Crippen LogP contribution in [-0.4, -0.2) is 12.1 Å². The highest BCUT2D eigenvalue weighted by Gasteiger charge is 2.11. The molecule has 0 saturated heterocycles. The number of aromatic nitrogens is 1. The molecule has 0 fully saturated rings. The van der Waals surface area contributed by atoms with Gasteiger partial charge in [-0.05, 0) is 31.2 Å². The first-order valence-electron chi connectivity index (χ1n) is 6.54. The molecule has 2 aromatic carbocycles. The van der Waals surface area contributed by atoms with Gasteiger partial charge in [0.05, 0.1) is 12.8 Å². The summed E-state index contributed by atoms with van der Waals surface area (Å²) < 4.78 is 6.51. The Bertz CT molecular complexity index is 782. The minimum absolute atomic E-state index is 0.853. The molecule has 3 aromatic rings. The lowest BCUT2D eigenvalue weighted by Crippen LogP contribution is -1.89. The van der Waals surface area contributed by atoms with Crippen LogP contribution < -0.4 is 4.74 Å². The zero-order valence-corrected chi connectivity index (χ0v) is 14.2. The third-order valence-corrected chi connectivity index (χ3v) is 4.59. The standard InChI is InChI=1S/C17H14BrNOS/c1-11-6-7-16(20-2)14(8-11)15-10-21-17(19-15)12-4-3-5-13(18)9-12/h3-10H,1-2H3. The van der Waals surface area contributed by atoms with Gasteiger partial charge < -0.3 is 4.74 Å². The number of methoxy groups -OCH3 is 1. The van der Waals surface area contributed by atoms with Crippen molar-refractivity contribution in [3.63, 3.8) is 0 Å². The number of rotatable bonds is 3. The smallest absolute Gasteiger partial charge is 0.128 e. The summed E-state index contributed by atoms with van der Waals surface area (Å²) in [5, 5.41) is 3.09. The summed E-state index contributed by atoms with van der Waals surface area (Å²) in [6, 6.07) is 14.3. The Morgan fingerprint density at radius 3 is 2.76 bits per heavy atom. The summed E-state index contributed by atoms with van der Waals surface area (Å²) in [5.74, 6) is 0.853. The number of ether oxygens (including phenoxy) is 1. The van der Waals surface area contributed by atoms with E-state index in [-0.39, 0.29) is 0 Å². The van der Waals surface area contributed by atoms with Crippen LogP contribution in [0.2, 0.25) is 0 Å². The molecule has 0 atom stereocenters. The van der Waals surface area contributed by atoms with Gasteiger partial charge in [-0.25, -0.2) is 4.98 Å². The summed E-state index contributed by atoms with van der Waals surface area (Å²) in [6.45, 7) is 2.07. The highest BCUT2D eigenvalue weighted by atomic mass is 79.9. The molecule has 0 aliphatic carbocycles. The van der Waals surface area contributed by atoms with Crippen LogP contribution in [0.25, 0.3) is 21.8 Å². The molecule has 1 heterocycles. The lowest BCUT2D eigenvalue weighted by atomic mass is 10.1. The SMILES string of the molecule is COc1ccc(C)cc1-c1csc(-c2cccc(Br)c2)n1. The highest BCUT2D eigenvalue weighted by Crippen LogP contribution is 2.34. The van der Waals surface area contributed by atoms with Crippen molar-refractivity contribution in [1.29, 1.82) is 0 Å². The Hall–Kier alpha value is -1.65. The third kappa shape index (κ3) is 3.01. The van der Waals surface area contributed by atoms with E-state index in [2.05, 4.69) is 46.4 Å². The molecule has 0 amide bonds. The second kappa shape index (κ2) is 6.00. The van der Waals surface area contributed by atoms with E-state index < -0.39 is 0 Å². The lowest BCUT2D eigenvalue weighted by molar-refractivity contribution is 0.416. The average molecular weight is 360 g/mol. The summed E-state index contributed by atoms with van der Waals surface area (Å²) in [6.07, 6.45) is 0. The molecule has 0 unspecified atom stereocenters. The van der Waals surface area contributed by atoms with Crippen LogP contribution in [0.3, 0.4) is 0 Å². The van der Waals surface area contributed by atoms with E-state index in [1.165, 1.54) is 5.56 Å². The quantitative estimate of drug-likeness (QED) is 0.610. The molecule has 106 valence electrons. The third-order valence-electron chi connectivity index (χ3n) is 3.21. The van der Waals surface area contributed by atoms with E-state index in [9.17, 15) is 0 Å². The second-order valence-corrected chi connectivity index (χ2v) is 6.53. The maximum absolute atomic E-state index is 5.45. The highest BCUT2D eigenvalue weighted by molar-refractivity contribution is 9.10.